The summed E-state index contributed by atoms with van der Waals surface area (Å²) in [7, 11) is 0. The maximum atomic E-state index is 10.1. The van der Waals surface area contributed by atoms with Crippen molar-refractivity contribution in [3.05, 3.63) is 60.8 Å². The standard InChI is InChI=1S/C13H16O/c1-4-9-12(5-2)13(6-3)10-7-8-11-14/h4-7,9-11H,1-2,8H2,3H3/b10-7-,12-9+,13-6+. The van der Waals surface area contributed by atoms with Crippen LogP contribution in [0.25, 0.3) is 0 Å². The van der Waals surface area contributed by atoms with Crippen molar-refractivity contribution in [2.75, 3.05) is 0 Å². The molecule has 0 aromatic carbocycles. The molecule has 1 heteroatoms. The summed E-state index contributed by atoms with van der Waals surface area (Å²) >= 11 is 0. The highest BCUT2D eigenvalue weighted by Crippen LogP contribution is 2.12. The van der Waals surface area contributed by atoms with E-state index in [1.165, 1.54) is 0 Å². The Morgan fingerprint density at radius 3 is 2.43 bits per heavy atom. The van der Waals surface area contributed by atoms with Crippen LogP contribution in [0.15, 0.2) is 60.8 Å². The van der Waals surface area contributed by atoms with Crippen molar-refractivity contribution in [3.63, 3.8) is 0 Å². The van der Waals surface area contributed by atoms with Crippen molar-refractivity contribution < 1.29 is 4.79 Å². The molecular formula is C13H16O. The lowest BCUT2D eigenvalue weighted by Gasteiger charge is -2.00. The van der Waals surface area contributed by atoms with Crippen molar-refractivity contribution in [2.45, 2.75) is 13.3 Å². The van der Waals surface area contributed by atoms with Gasteiger partial charge in [0.25, 0.3) is 0 Å². The molecule has 0 spiro atoms. The summed E-state index contributed by atoms with van der Waals surface area (Å²) in [4.78, 5) is 10.1. The van der Waals surface area contributed by atoms with Gasteiger partial charge in [0.05, 0.1) is 0 Å². The normalized spacial score (nSPS) is 12.9. The van der Waals surface area contributed by atoms with Crippen molar-refractivity contribution in [1.29, 1.82) is 0 Å². The summed E-state index contributed by atoms with van der Waals surface area (Å²) in [6, 6.07) is 0. The zero-order valence-electron chi connectivity index (χ0n) is 8.57. The minimum atomic E-state index is 0.440. The highest BCUT2D eigenvalue weighted by atomic mass is 16.1. The van der Waals surface area contributed by atoms with Gasteiger partial charge in [0, 0.05) is 6.42 Å². The first-order valence-corrected chi connectivity index (χ1v) is 4.52. The van der Waals surface area contributed by atoms with E-state index in [2.05, 4.69) is 13.2 Å². The third-order valence-corrected chi connectivity index (χ3v) is 1.69. The minimum absolute atomic E-state index is 0.440. The smallest absolute Gasteiger partial charge is 0.123 e. The van der Waals surface area contributed by atoms with E-state index in [4.69, 9.17) is 0 Å². The molecule has 0 aromatic rings. The first kappa shape index (κ1) is 12.4. The van der Waals surface area contributed by atoms with Crippen LogP contribution < -0.4 is 0 Å². The second-order valence-corrected chi connectivity index (χ2v) is 2.61. The number of carbonyl (C=O) groups is 1. The van der Waals surface area contributed by atoms with E-state index in [0.717, 1.165) is 17.4 Å². The van der Waals surface area contributed by atoms with E-state index in [-0.39, 0.29) is 0 Å². The van der Waals surface area contributed by atoms with Gasteiger partial charge in [-0.3, -0.25) is 0 Å². The number of aldehydes is 1. The Bertz CT molecular complexity index is 290. The van der Waals surface area contributed by atoms with Gasteiger partial charge in [-0.2, -0.15) is 0 Å². The molecule has 0 radical (unpaired) electrons. The van der Waals surface area contributed by atoms with Gasteiger partial charge < -0.3 is 4.79 Å². The van der Waals surface area contributed by atoms with Crippen LogP contribution in [0.2, 0.25) is 0 Å². The van der Waals surface area contributed by atoms with Crippen LogP contribution >= 0.6 is 0 Å². The molecule has 0 unspecified atom stereocenters. The van der Waals surface area contributed by atoms with E-state index in [1.54, 1.807) is 12.2 Å². The van der Waals surface area contributed by atoms with Gasteiger partial charge in [0.2, 0.25) is 0 Å². The molecule has 0 rings (SSSR count). The predicted molar refractivity (Wildman–Crippen MR) is 62.1 cm³/mol. The second-order valence-electron chi connectivity index (χ2n) is 2.61. The van der Waals surface area contributed by atoms with Crippen molar-refractivity contribution in [1.82, 2.24) is 0 Å². The molecule has 0 aliphatic heterocycles. The van der Waals surface area contributed by atoms with Gasteiger partial charge in [-0.25, -0.2) is 0 Å². The number of allylic oxidation sites excluding steroid dienone is 8. The SMILES string of the molecule is C=C/C=C(C=C)/C(/C=C\CC=O)=C/C. The molecule has 0 aromatic heterocycles. The number of carbonyl (C=O) groups excluding carboxylic acids is 1. The Labute approximate surface area is 85.8 Å². The molecule has 0 fully saturated rings. The monoisotopic (exact) mass is 188 g/mol. The molecule has 74 valence electrons. The second kappa shape index (κ2) is 7.99. The summed E-state index contributed by atoms with van der Waals surface area (Å²) in [6.45, 7) is 9.29. The molecule has 0 saturated heterocycles. The molecule has 0 amide bonds. The van der Waals surface area contributed by atoms with E-state index < -0.39 is 0 Å². The van der Waals surface area contributed by atoms with Gasteiger partial charge in [0.15, 0.2) is 0 Å². The molecule has 0 N–H and O–H groups in total. The molecule has 14 heavy (non-hydrogen) atoms. The molecular weight excluding hydrogens is 172 g/mol. The molecule has 1 nitrogen and oxygen atoms in total. The van der Waals surface area contributed by atoms with Gasteiger partial charge in [-0.15, -0.1) is 0 Å². The van der Waals surface area contributed by atoms with Gasteiger partial charge in [-0.05, 0) is 18.1 Å². The summed E-state index contributed by atoms with van der Waals surface area (Å²) in [5.41, 5.74) is 2.05. The lowest BCUT2D eigenvalue weighted by Crippen LogP contribution is -1.82. The Morgan fingerprint density at radius 1 is 1.29 bits per heavy atom. The van der Waals surface area contributed by atoms with Gasteiger partial charge >= 0.3 is 0 Å². The van der Waals surface area contributed by atoms with Crippen molar-refractivity contribution >= 4 is 6.29 Å². The summed E-state index contributed by atoms with van der Waals surface area (Å²) in [5.74, 6) is 0. The summed E-state index contributed by atoms with van der Waals surface area (Å²) in [6.07, 6.45) is 12.4. The fourth-order valence-corrected chi connectivity index (χ4v) is 1.02. The van der Waals surface area contributed by atoms with Crippen LogP contribution in [0.1, 0.15) is 13.3 Å². The van der Waals surface area contributed by atoms with Crippen LogP contribution in [-0.2, 0) is 4.79 Å². The number of hydrogen-bond donors (Lipinski definition) is 0. The average molecular weight is 188 g/mol. The van der Waals surface area contributed by atoms with Gasteiger partial charge in [0.1, 0.15) is 6.29 Å². The third-order valence-electron chi connectivity index (χ3n) is 1.69. The summed E-state index contributed by atoms with van der Waals surface area (Å²) in [5, 5.41) is 0. The maximum absolute atomic E-state index is 10.1. The predicted octanol–water partition coefficient (Wildman–Crippen LogP) is 3.38. The maximum Gasteiger partial charge on any atom is 0.123 e. The molecule has 0 bridgehead atoms. The zero-order chi connectivity index (χ0) is 10.8. The van der Waals surface area contributed by atoms with Gasteiger partial charge in [-0.1, -0.05) is 49.6 Å². The molecule has 0 saturated carbocycles. The number of rotatable bonds is 6. The van der Waals surface area contributed by atoms with Crippen LogP contribution in [-0.4, -0.2) is 6.29 Å². The minimum Gasteiger partial charge on any atom is -0.303 e. The Hall–Kier alpha value is -1.63. The topological polar surface area (TPSA) is 17.1 Å². The lowest BCUT2D eigenvalue weighted by atomic mass is 10.0. The molecule has 0 aliphatic rings. The first-order chi connectivity index (χ1) is 6.79. The van der Waals surface area contributed by atoms with E-state index in [9.17, 15) is 4.79 Å². The number of hydrogen-bond acceptors (Lipinski definition) is 1. The van der Waals surface area contributed by atoms with Crippen LogP contribution in [0.4, 0.5) is 0 Å². The fraction of sp³-hybridized carbons (Fsp3) is 0.154. The first-order valence-electron chi connectivity index (χ1n) is 4.52. The Morgan fingerprint density at radius 2 is 2.00 bits per heavy atom. The van der Waals surface area contributed by atoms with Crippen LogP contribution in [0.3, 0.4) is 0 Å². The van der Waals surface area contributed by atoms with Crippen molar-refractivity contribution in [2.24, 2.45) is 0 Å². The average Bonchev–Trinajstić information content (AvgIpc) is 2.22. The quantitative estimate of drug-likeness (QED) is 0.461. The van der Waals surface area contributed by atoms with Crippen LogP contribution in [0.5, 0.6) is 0 Å². The highest BCUT2D eigenvalue weighted by molar-refractivity contribution is 5.54. The van der Waals surface area contributed by atoms with E-state index in [0.29, 0.717) is 6.42 Å². The molecule has 0 atom stereocenters. The Kier molecular flexibility index (Phi) is 7.06. The van der Waals surface area contributed by atoms with E-state index in [1.807, 2.05) is 31.2 Å². The zero-order valence-corrected chi connectivity index (χ0v) is 8.57. The van der Waals surface area contributed by atoms with E-state index >= 15 is 0 Å². The third kappa shape index (κ3) is 4.41. The summed E-state index contributed by atoms with van der Waals surface area (Å²) < 4.78 is 0. The highest BCUT2D eigenvalue weighted by Gasteiger charge is 1.93. The Balaban J connectivity index is 4.71. The molecule has 0 heterocycles. The lowest BCUT2D eigenvalue weighted by molar-refractivity contribution is -0.107. The van der Waals surface area contributed by atoms with Crippen LogP contribution in [0, 0.1) is 0 Å². The largest absolute Gasteiger partial charge is 0.303 e. The molecule has 0 aliphatic carbocycles. The van der Waals surface area contributed by atoms with Crippen molar-refractivity contribution in [3.8, 4) is 0 Å². The fourth-order valence-electron chi connectivity index (χ4n) is 1.02.